The van der Waals surface area contributed by atoms with Crippen LogP contribution >= 0.6 is 0 Å². The minimum absolute atomic E-state index is 0.413. The van der Waals surface area contributed by atoms with Crippen molar-refractivity contribution in [1.82, 2.24) is 5.32 Å². The Hall–Kier alpha value is -0.590. The van der Waals surface area contributed by atoms with Crippen molar-refractivity contribution in [2.45, 2.75) is 37.6 Å². The summed E-state index contributed by atoms with van der Waals surface area (Å²) in [5, 5.41) is 12.4. The Balaban J connectivity index is 1.70. The Morgan fingerprint density at radius 1 is 1.40 bits per heavy atom. The molecule has 3 nitrogen and oxygen atoms in total. The number of rotatable bonds is 7. The van der Waals surface area contributed by atoms with Crippen LogP contribution in [0.25, 0.3) is 0 Å². The molecule has 1 N–H and O–H groups in total. The van der Waals surface area contributed by atoms with Gasteiger partial charge in [-0.3, -0.25) is 0 Å². The molecule has 2 aliphatic carbocycles. The highest BCUT2D eigenvalue weighted by Crippen LogP contribution is 2.39. The van der Waals surface area contributed by atoms with Gasteiger partial charge >= 0.3 is 0 Å². The first-order valence-corrected chi connectivity index (χ1v) is 5.98. The maximum atomic E-state index is 9.22. The fourth-order valence-corrected chi connectivity index (χ4v) is 2.04. The van der Waals surface area contributed by atoms with Crippen LogP contribution < -0.4 is 5.32 Å². The van der Waals surface area contributed by atoms with E-state index in [9.17, 15) is 5.26 Å². The van der Waals surface area contributed by atoms with Crippen LogP contribution in [0.2, 0.25) is 0 Å². The molecule has 0 heterocycles. The second-order valence-corrected chi connectivity index (χ2v) is 4.89. The number of nitriles is 1. The topological polar surface area (TPSA) is 45.0 Å². The Bertz CT molecular complexity index is 253. The summed E-state index contributed by atoms with van der Waals surface area (Å²) in [6, 6.07) is 2.39. The summed E-state index contributed by atoms with van der Waals surface area (Å²) < 4.78 is 5.65. The predicted molar refractivity (Wildman–Crippen MR) is 58.3 cm³/mol. The van der Waals surface area contributed by atoms with Crippen molar-refractivity contribution in [1.29, 1.82) is 5.26 Å². The van der Waals surface area contributed by atoms with Crippen LogP contribution in [0.1, 0.15) is 32.1 Å². The molecule has 1 unspecified atom stereocenters. The van der Waals surface area contributed by atoms with Crippen LogP contribution in [-0.2, 0) is 4.74 Å². The molecule has 0 bridgehead atoms. The van der Waals surface area contributed by atoms with E-state index in [1.807, 2.05) is 7.05 Å². The van der Waals surface area contributed by atoms with E-state index in [1.165, 1.54) is 32.1 Å². The van der Waals surface area contributed by atoms with Crippen molar-refractivity contribution < 1.29 is 4.74 Å². The first-order chi connectivity index (χ1) is 7.30. The number of ether oxygens (including phenoxy) is 1. The molecule has 0 spiro atoms. The van der Waals surface area contributed by atoms with Gasteiger partial charge in [-0.25, -0.2) is 0 Å². The van der Waals surface area contributed by atoms with E-state index in [-0.39, 0.29) is 0 Å². The lowest BCUT2D eigenvalue weighted by atomic mass is 9.96. The molecule has 0 saturated heterocycles. The van der Waals surface area contributed by atoms with E-state index >= 15 is 0 Å². The second-order valence-electron chi connectivity index (χ2n) is 4.89. The maximum absolute atomic E-state index is 9.22. The molecule has 0 radical (unpaired) electrons. The summed E-state index contributed by atoms with van der Waals surface area (Å²) in [5.41, 5.74) is -0.413. The van der Waals surface area contributed by atoms with Gasteiger partial charge in [0.1, 0.15) is 5.54 Å². The van der Waals surface area contributed by atoms with Gasteiger partial charge in [0.25, 0.3) is 0 Å². The number of likely N-dealkylation sites (N-methyl/N-ethyl adjacent to an activating group) is 1. The van der Waals surface area contributed by atoms with Gasteiger partial charge < -0.3 is 10.1 Å². The van der Waals surface area contributed by atoms with Crippen LogP contribution in [-0.4, -0.2) is 25.8 Å². The van der Waals surface area contributed by atoms with E-state index in [0.717, 1.165) is 12.5 Å². The smallest absolute Gasteiger partial charge is 0.132 e. The van der Waals surface area contributed by atoms with E-state index in [0.29, 0.717) is 12.5 Å². The largest absolute Gasteiger partial charge is 0.378 e. The zero-order chi connectivity index (χ0) is 10.7. The molecule has 2 fully saturated rings. The molecule has 84 valence electrons. The number of nitrogens with zero attached hydrogens (tertiary/aromatic N) is 1. The summed E-state index contributed by atoms with van der Waals surface area (Å²) in [6.07, 6.45) is 6.26. The summed E-state index contributed by atoms with van der Waals surface area (Å²) >= 11 is 0. The van der Waals surface area contributed by atoms with Gasteiger partial charge in [0.2, 0.25) is 0 Å². The molecule has 0 aromatic rings. The van der Waals surface area contributed by atoms with Crippen LogP contribution in [0.15, 0.2) is 0 Å². The predicted octanol–water partition coefficient (Wildman–Crippen LogP) is 1.69. The normalized spacial score (nSPS) is 24.5. The SMILES string of the molecule is CNC(C#N)(COCCC1CC1)C1CC1. The molecule has 1 atom stereocenters. The lowest BCUT2D eigenvalue weighted by Crippen LogP contribution is -2.48. The number of hydrogen-bond acceptors (Lipinski definition) is 3. The van der Waals surface area contributed by atoms with Crippen molar-refractivity contribution in [3.05, 3.63) is 0 Å². The molecule has 0 amide bonds. The average molecular weight is 208 g/mol. The minimum atomic E-state index is -0.413. The summed E-state index contributed by atoms with van der Waals surface area (Å²) in [7, 11) is 1.87. The van der Waals surface area contributed by atoms with Crippen molar-refractivity contribution >= 4 is 0 Å². The fourth-order valence-electron chi connectivity index (χ4n) is 2.04. The van der Waals surface area contributed by atoms with Crippen LogP contribution in [0.3, 0.4) is 0 Å². The van der Waals surface area contributed by atoms with Gasteiger partial charge in [0.05, 0.1) is 12.7 Å². The summed E-state index contributed by atoms with van der Waals surface area (Å²) in [4.78, 5) is 0. The van der Waals surface area contributed by atoms with Crippen LogP contribution in [0, 0.1) is 23.2 Å². The third-order valence-corrected chi connectivity index (χ3v) is 3.62. The molecule has 0 aliphatic heterocycles. The van der Waals surface area contributed by atoms with Gasteiger partial charge in [-0.1, -0.05) is 12.8 Å². The van der Waals surface area contributed by atoms with Crippen molar-refractivity contribution in [3.8, 4) is 6.07 Å². The van der Waals surface area contributed by atoms with Crippen LogP contribution in [0.4, 0.5) is 0 Å². The highest BCUT2D eigenvalue weighted by atomic mass is 16.5. The molecule has 2 aliphatic rings. The average Bonchev–Trinajstić information content (AvgIpc) is 3.12. The monoisotopic (exact) mass is 208 g/mol. The Morgan fingerprint density at radius 2 is 2.13 bits per heavy atom. The quantitative estimate of drug-likeness (QED) is 0.648. The minimum Gasteiger partial charge on any atom is -0.378 e. The third kappa shape index (κ3) is 2.70. The second kappa shape index (κ2) is 4.51. The van der Waals surface area contributed by atoms with E-state index in [1.54, 1.807) is 0 Å². The lowest BCUT2D eigenvalue weighted by Gasteiger charge is -2.25. The van der Waals surface area contributed by atoms with Crippen molar-refractivity contribution in [3.63, 3.8) is 0 Å². The molecular weight excluding hydrogens is 188 g/mol. The molecule has 2 rings (SSSR count). The highest BCUT2D eigenvalue weighted by molar-refractivity contribution is 5.14. The molecule has 2 saturated carbocycles. The van der Waals surface area contributed by atoms with Gasteiger partial charge in [0.15, 0.2) is 0 Å². The van der Waals surface area contributed by atoms with Gasteiger partial charge in [-0.2, -0.15) is 5.26 Å². The molecule has 3 heteroatoms. The fraction of sp³-hybridized carbons (Fsp3) is 0.917. The number of hydrogen-bond donors (Lipinski definition) is 1. The van der Waals surface area contributed by atoms with Gasteiger partial charge in [-0.05, 0) is 38.1 Å². The van der Waals surface area contributed by atoms with Gasteiger partial charge in [0, 0.05) is 6.61 Å². The van der Waals surface area contributed by atoms with Crippen molar-refractivity contribution in [2.24, 2.45) is 11.8 Å². The Labute approximate surface area is 91.8 Å². The zero-order valence-electron chi connectivity index (χ0n) is 9.46. The van der Waals surface area contributed by atoms with E-state index in [4.69, 9.17) is 4.74 Å². The zero-order valence-corrected chi connectivity index (χ0v) is 9.46. The van der Waals surface area contributed by atoms with Crippen molar-refractivity contribution in [2.75, 3.05) is 20.3 Å². The molecule has 0 aromatic heterocycles. The van der Waals surface area contributed by atoms with E-state index < -0.39 is 5.54 Å². The Kier molecular flexibility index (Phi) is 3.28. The highest BCUT2D eigenvalue weighted by Gasteiger charge is 2.45. The molecular formula is C12H20N2O. The summed E-state index contributed by atoms with van der Waals surface area (Å²) in [6.45, 7) is 1.37. The molecule has 0 aromatic carbocycles. The summed E-state index contributed by atoms with van der Waals surface area (Å²) in [5.74, 6) is 1.42. The molecule has 15 heavy (non-hydrogen) atoms. The van der Waals surface area contributed by atoms with Crippen LogP contribution in [0.5, 0.6) is 0 Å². The standard InChI is InChI=1S/C12H20N2O/c1-14-12(8-13,11-4-5-11)9-15-7-6-10-2-3-10/h10-11,14H,2-7,9H2,1H3. The third-order valence-electron chi connectivity index (χ3n) is 3.62. The lowest BCUT2D eigenvalue weighted by molar-refractivity contribution is 0.0799. The first kappa shape index (κ1) is 10.9. The Morgan fingerprint density at radius 3 is 2.60 bits per heavy atom. The van der Waals surface area contributed by atoms with E-state index in [2.05, 4.69) is 11.4 Å². The maximum Gasteiger partial charge on any atom is 0.132 e. The first-order valence-electron chi connectivity index (χ1n) is 5.98. The number of nitrogens with one attached hydrogen (secondary N) is 1. The van der Waals surface area contributed by atoms with Gasteiger partial charge in [-0.15, -0.1) is 0 Å².